The van der Waals surface area contributed by atoms with Crippen LogP contribution in [0, 0.1) is 12.7 Å². The van der Waals surface area contributed by atoms with Crippen molar-refractivity contribution in [1.29, 1.82) is 0 Å². The van der Waals surface area contributed by atoms with Crippen LogP contribution in [0.15, 0.2) is 52.6 Å². The van der Waals surface area contributed by atoms with E-state index in [-0.39, 0.29) is 5.69 Å². The van der Waals surface area contributed by atoms with Gasteiger partial charge in [0, 0.05) is 24.6 Å². The fourth-order valence-electron chi connectivity index (χ4n) is 2.06. The van der Waals surface area contributed by atoms with Crippen molar-refractivity contribution in [3.63, 3.8) is 0 Å². The largest absolute Gasteiger partial charge is 0.457 e. The molecule has 22 heavy (non-hydrogen) atoms. The molecule has 0 atom stereocenters. The maximum atomic E-state index is 13.6. The van der Waals surface area contributed by atoms with Crippen LogP contribution in [0.2, 0.25) is 0 Å². The van der Waals surface area contributed by atoms with Crippen molar-refractivity contribution in [2.24, 2.45) is 5.10 Å². The summed E-state index contributed by atoms with van der Waals surface area (Å²) >= 11 is 0. The lowest BCUT2D eigenvalue weighted by molar-refractivity contribution is 0.417. The van der Waals surface area contributed by atoms with Crippen LogP contribution in [-0.2, 0) is 0 Å². The highest BCUT2D eigenvalue weighted by molar-refractivity contribution is 5.54. The maximum Gasteiger partial charge on any atom is 0.149 e. The quantitative estimate of drug-likeness (QED) is 0.675. The van der Waals surface area contributed by atoms with E-state index in [0.29, 0.717) is 11.5 Å². The van der Waals surface area contributed by atoms with Gasteiger partial charge in [-0.05, 0) is 45.4 Å². The van der Waals surface area contributed by atoms with E-state index in [2.05, 4.69) is 5.10 Å². The molecule has 1 aliphatic heterocycles. The molecule has 0 aromatic heterocycles. The molecule has 0 amide bonds. The van der Waals surface area contributed by atoms with Gasteiger partial charge in [0.25, 0.3) is 0 Å². The molecule has 2 rings (SSSR count). The second-order valence-electron chi connectivity index (χ2n) is 5.21. The Kier molecular flexibility index (Phi) is 4.65. The number of halogens is 1. The first-order valence-corrected chi connectivity index (χ1v) is 7.01. The van der Waals surface area contributed by atoms with Crippen molar-refractivity contribution >= 4 is 11.9 Å². The van der Waals surface area contributed by atoms with Gasteiger partial charge >= 0.3 is 0 Å². The summed E-state index contributed by atoms with van der Waals surface area (Å²) in [7, 11) is 0. The van der Waals surface area contributed by atoms with Crippen molar-refractivity contribution < 1.29 is 9.13 Å². The zero-order valence-corrected chi connectivity index (χ0v) is 13.2. The molecular weight excluding hydrogens is 281 g/mol. The summed E-state index contributed by atoms with van der Waals surface area (Å²) < 4.78 is 19.4. The molecule has 1 heterocycles. The van der Waals surface area contributed by atoms with E-state index in [1.807, 2.05) is 33.8 Å². The second kappa shape index (κ2) is 6.47. The second-order valence-corrected chi connectivity index (χ2v) is 5.21. The van der Waals surface area contributed by atoms with Gasteiger partial charge in [0.1, 0.15) is 17.3 Å². The molecule has 1 aromatic carbocycles. The number of nitrogens with two attached hydrogens (primary N) is 1. The van der Waals surface area contributed by atoms with Gasteiger partial charge in [-0.1, -0.05) is 5.57 Å². The molecule has 0 saturated heterocycles. The molecule has 0 aliphatic carbocycles. The highest BCUT2D eigenvalue weighted by atomic mass is 19.1. The summed E-state index contributed by atoms with van der Waals surface area (Å²) in [5, 5.41) is 6.02. The van der Waals surface area contributed by atoms with Crippen molar-refractivity contribution in [2.75, 3.05) is 5.73 Å². The first-order chi connectivity index (χ1) is 10.4. The van der Waals surface area contributed by atoms with Crippen LogP contribution < -0.4 is 10.5 Å². The summed E-state index contributed by atoms with van der Waals surface area (Å²) in [5.74, 6) is 0.579. The van der Waals surface area contributed by atoms with Gasteiger partial charge in [-0.15, -0.1) is 0 Å². The number of aryl methyl sites for hydroxylation is 1. The van der Waals surface area contributed by atoms with Gasteiger partial charge in [-0.3, -0.25) is 0 Å². The van der Waals surface area contributed by atoms with Crippen LogP contribution in [0.1, 0.15) is 26.3 Å². The Hall–Kier alpha value is -2.56. The number of anilines is 1. The van der Waals surface area contributed by atoms with Gasteiger partial charge in [-0.2, -0.15) is 5.10 Å². The number of allylic oxidation sites excluding steroid dienone is 3. The first kappa shape index (κ1) is 15.8. The summed E-state index contributed by atoms with van der Waals surface area (Å²) in [5.41, 5.74) is 8.46. The number of rotatable bonds is 3. The third-order valence-corrected chi connectivity index (χ3v) is 3.18. The monoisotopic (exact) mass is 301 g/mol. The van der Waals surface area contributed by atoms with Crippen molar-refractivity contribution in [3.05, 3.63) is 58.9 Å². The summed E-state index contributed by atoms with van der Waals surface area (Å²) in [6.07, 6.45) is 7.18. The van der Waals surface area contributed by atoms with E-state index in [0.717, 1.165) is 16.8 Å². The number of nitrogens with zero attached hydrogens (tertiary/aromatic N) is 2. The lowest BCUT2D eigenvalue weighted by Crippen LogP contribution is -2.14. The highest BCUT2D eigenvalue weighted by Crippen LogP contribution is 2.28. The standard InChI is InChI=1S/C17H20FN3O/c1-5-20-21-7-6-13(9-16(21)11(2)3)22-17-10-14(18)15(19)8-12(17)4/h5-10H,19H2,1-4H3/b20-5-. The highest BCUT2D eigenvalue weighted by Gasteiger charge is 2.14. The number of hydrogen-bond acceptors (Lipinski definition) is 4. The maximum absolute atomic E-state index is 13.6. The molecule has 0 fully saturated rings. The fraction of sp³-hybridized carbons (Fsp3) is 0.235. The molecule has 0 spiro atoms. The summed E-state index contributed by atoms with van der Waals surface area (Å²) in [4.78, 5) is 0. The van der Waals surface area contributed by atoms with Crippen LogP contribution in [0.3, 0.4) is 0 Å². The molecule has 1 aliphatic rings. The Morgan fingerprint density at radius 1 is 1.36 bits per heavy atom. The Balaban J connectivity index is 2.32. The van der Waals surface area contributed by atoms with E-state index in [4.69, 9.17) is 10.5 Å². The van der Waals surface area contributed by atoms with Crippen molar-refractivity contribution in [3.8, 4) is 5.75 Å². The molecule has 0 radical (unpaired) electrons. The van der Waals surface area contributed by atoms with Gasteiger partial charge in [-0.25, -0.2) is 9.40 Å². The minimum absolute atomic E-state index is 0.117. The average molecular weight is 301 g/mol. The predicted octanol–water partition coefficient (Wildman–Crippen LogP) is 4.11. The molecule has 0 unspecified atom stereocenters. The molecule has 4 nitrogen and oxygen atoms in total. The van der Waals surface area contributed by atoms with Crippen molar-refractivity contribution in [1.82, 2.24) is 5.01 Å². The lowest BCUT2D eigenvalue weighted by atomic mass is 10.1. The fourth-order valence-corrected chi connectivity index (χ4v) is 2.06. The van der Waals surface area contributed by atoms with Gasteiger partial charge in [0.2, 0.25) is 0 Å². The normalized spacial score (nSPS) is 14.5. The van der Waals surface area contributed by atoms with Gasteiger partial charge in [0.15, 0.2) is 0 Å². The number of hydrogen-bond donors (Lipinski definition) is 1. The minimum atomic E-state index is -0.486. The van der Waals surface area contributed by atoms with Crippen LogP contribution in [0.5, 0.6) is 5.75 Å². The topological polar surface area (TPSA) is 50.8 Å². The molecule has 1 aromatic rings. The number of nitrogen functional groups attached to an aromatic ring is 1. The third-order valence-electron chi connectivity index (χ3n) is 3.18. The molecule has 5 heteroatoms. The Labute approximate surface area is 130 Å². The number of ether oxygens (including phenoxy) is 1. The summed E-state index contributed by atoms with van der Waals surface area (Å²) in [6, 6.07) is 2.87. The van der Waals surface area contributed by atoms with Crippen LogP contribution in [0.25, 0.3) is 0 Å². The lowest BCUT2D eigenvalue weighted by Gasteiger charge is -2.22. The zero-order valence-electron chi connectivity index (χ0n) is 13.2. The smallest absolute Gasteiger partial charge is 0.149 e. The molecule has 0 saturated carbocycles. The van der Waals surface area contributed by atoms with E-state index in [1.54, 1.807) is 29.6 Å². The van der Waals surface area contributed by atoms with E-state index in [1.165, 1.54) is 6.07 Å². The Bertz CT molecular complexity index is 698. The van der Waals surface area contributed by atoms with E-state index >= 15 is 0 Å². The van der Waals surface area contributed by atoms with Crippen LogP contribution in [-0.4, -0.2) is 11.2 Å². The van der Waals surface area contributed by atoms with Crippen molar-refractivity contribution in [2.45, 2.75) is 27.7 Å². The minimum Gasteiger partial charge on any atom is -0.457 e. The SMILES string of the molecule is C/C=N\N1C=CC(Oc2cc(F)c(N)cc2C)=CC1=C(C)C. The molecular formula is C17H20FN3O. The van der Waals surface area contributed by atoms with E-state index < -0.39 is 5.82 Å². The van der Waals surface area contributed by atoms with E-state index in [9.17, 15) is 4.39 Å². The predicted molar refractivity (Wildman–Crippen MR) is 87.8 cm³/mol. The Morgan fingerprint density at radius 3 is 2.73 bits per heavy atom. The molecule has 116 valence electrons. The number of benzene rings is 1. The summed E-state index contributed by atoms with van der Waals surface area (Å²) in [6.45, 7) is 7.67. The van der Waals surface area contributed by atoms with Crippen LogP contribution >= 0.6 is 0 Å². The molecule has 0 bridgehead atoms. The first-order valence-electron chi connectivity index (χ1n) is 7.01. The third kappa shape index (κ3) is 3.36. The molecule has 2 N–H and O–H groups in total. The van der Waals surface area contributed by atoms with Gasteiger partial charge < -0.3 is 10.5 Å². The Morgan fingerprint density at radius 2 is 2.09 bits per heavy atom. The number of hydrazone groups is 1. The zero-order chi connectivity index (χ0) is 16.3. The van der Waals surface area contributed by atoms with Crippen LogP contribution in [0.4, 0.5) is 10.1 Å². The average Bonchev–Trinajstić information content (AvgIpc) is 2.46. The van der Waals surface area contributed by atoms with Gasteiger partial charge in [0.05, 0.1) is 11.4 Å².